The van der Waals surface area contributed by atoms with Crippen molar-refractivity contribution in [2.24, 2.45) is 0 Å². The monoisotopic (exact) mass is 233 g/mol. The summed E-state index contributed by atoms with van der Waals surface area (Å²) in [5.41, 5.74) is 2.35. The summed E-state index contributed by atoms with van der Waals surface area (Å²) in [7, 11) is 0. The lowest BCUT2D eigenvalue weighted by molar-refractivity contribution is 1.07. The zero-order valence-corrected chi connectivity index (χ0v) is 9.70. The molecule has 0 unspecified atom stereocenters. The Morgan fingerprint density at radius 1 is 1.31 bits per heavy atom. The van der Waals surface area contributed by atoms with Crippen molar-refractivity contribution in [1.29, 1.82) is 0 Å². The Balaban J connectivity index is 2.09. The number of nitrogens with zero attached hydrogens (tertiary/aromatic N) is 2. The third-order valence-electron chi connectivity index (χ3n) is 2.34. The van der Waals surface area contributed by atoms with E-state index < -0.39 is 0 Å². The van der Waals surface area contributed by atoms with Gasteiger partial charge in [-0.05, 0) is 36.2 Å². The lowest BCUT2D eigenvalue weighted by Gasteiger charge is -2.08. The SMILES string of the molecule is Cc1cnccc1CNc1ncccc1Cl. The Kier molecular flexibility index (Phi) is 3.37. The fourth-order valence-electron chi connectivity index (χ4n) is 1.40. The Hall–Kier alpha value is -1.61. The molecule has 82 valence electrons. The molecule has 3 nitrogen and oxygen atoms in total. The van der Waals surface area contributed by atoms with Gasteiger partial charge in [-0.25, -0.2) is 4.98 Å². The van der Waals surface area contributed by atoms with Crippen LogP contribution >= 0.6 is 11.6 Å². The molecule has 0 aliphatic carbocycles. The van der Waals surface area contributed by atoms with E-state index in [0.717, 1.165) is 5.56 Å². The number of pyridine rings is 2. The normalized spacial score (nSPS) is 10.1. The highest BCUT2D eigenvalue weighted by atomic mass is 35.5. The zero-order valence-electron chi connectivity index (χ0n) is 8.94. The summed E-state index contributed by atoms with van der Waals surface area (Å²) in [6.45, 7) is 2.73. The number of halogens is 1. The Morgan fingerprint density at radius 3 is 2.94 bits per heavy atom. The second kappa shape index (κ2) is 4.94. The zero-order chi connectivity index (χ0) is 11.4. The quantitative estimate of drug-likeness (QED) is 0.886. The molecule has 0 aromatic carbocycles. The first-order chi connectivity index (χ1) is 7.77. The first-order valence-electron chi connectivity index (χ1n) is 5.01. The number of hydrogen-bond donors (Lipinski definition) is 1. The van der Waals surface area contributed by atoms with E-state index in [1.165, 1.54) is 5.56 Å². The highest BCUT2D eigenvalue weighted by Gasteiger charge is 2.01. The summed E-state index contributed by atoms with van der Waals surface area (Å²) in [4.78, 5) is 8.21. The van der Waals surface area contributed by atoms with Gasteiger partial charge in [0, 0.05) is 25.1 Å². The van der Waals surface area contributed by atoms with Crippen LogP contribution in [0.3, 0.4) is 0 Å². The van der Waals surface area contributed by atoms with Gasteiger partial charge in [0.25, 0.3) is 0 Å². The smallest absolute Gasteiger partial charge is 0.145 e. The standard InChI is InChI=1S/C12H12ClN3/c1-9-7-14-6-4-10(9)8-16-12-11(13)3-2-5-15-12/h2-7H,8H2,1H3,(H,15,16). The minimum Gasteiger partial charge on any atom is -0.365 e. The molecule has 2 aromatic heterocycles. The van der Waals surface area contributed by atoms with Crippen LogP contribution in [0.2, 0.25) is 5.02 Å². The molecule has 0 radical (unpaired) electrons. The van der Waals surface area contributed by atoms with Crippen LogP contribution in [0.5, 0.6) is 0 Å². The van der Waals surface area contributed by atoms with Crippen LogP contribution in [-0.4, -0.2) is 9.97 Å². The van der Waals surface area contributed by atoms with E-state index in [0.29, 0.717) is 17.4 Å². The summed E-state index contributed by atoms with van der Waals surface area (Å²) >= 11 is 5.99. The largest absolute Gasteiger partial charge is 0.365 e. The summed E-state index contributed by atoms with van der Waals surface area (Å²) in [5.74, 6) is 0.709. The molecule has 2 aromatic rings. The van der Waals surface area contributed by atoms with E-state index in [1.54, 1.807) is 12.4 Å². The fraction of sp³-hybridized carbons (Fsp3) is 0.167. The number of hydrogen-bond acceptors (Lipinski definition) is 3. The molecule has 0 saturated heterocycles. The highest BCUT2D eigenvalue weighted by molar-refractivity contribution is 6.32. The highest BCUT2D eigenvalue weighted by Crippen LogP contribution is 2.18. The predicted molar refractivity (Wildman–Crippen MR) is 65.5 cm³/mol. The van der Waals surface area contributed by atoms with Crippen LogP contribution in [0.1, 0.15) is 11.1 Å². The summed E-state index contributed by atoms with van der Waals surface area (Å²) < 4.78 is 0. The Bertz CT molecular complexity index is 440. The fourth-order valence-corrected chi connectivity index (χ4v) is 1.58. The van der Waals surface area contributed by atoms with Crippen LogP contribution < -0.4 is 5.32 Å². The van der Waals surface area contributed by atoms with Gasteiger partial charge < -0.3 is 5.32 Å². The summed E-state index contributed by atoms with van der Waals surface area (Å²) in [6, 6.07) is 5.61. The first kappa shape index (κ1) is 10.9. The van der Waals surface area contributed by atoms with Crippen LogP contribution in [0, 0.1) is 6.92 Å². The van der Waals surface area contributed by atoms with E-state index >= 15 is 0 Å². The lowest BCUT2D eigenvalue weighted by atomic mass is 10.1. The van der Waals surface area contributed by atoms with E-state index in [-0.39, 0.29) is 0 Å². The molecule has 0 aliphatic heterocycles. The molecule has 2 heterocycles. The maximum Gasteiger partial charge on any atom is 0.145 e. The maximum atomic E-state index is 5.99. The number of anilines is 1. The third-order valence-corrected chi connectivity index (χ3v) is 2.65. The molecule has 0 saturated carbocycles. The third kappa shape index (κ3) is 2.49. The molecule has 1 N–H and O–H groups in total. The van der Waals surface area contributed by atoms with Gasteiger partial charge >= 0.3 is 0 Å². The summed E-state index contributed by atoms with van der Waals surface area (Å²) in [6.07, 6.45) is 5.34. The van der Waals surface area contributed by atoms with Gasteiger partial charge in [0.2, 0.25) is 0 Å². The van der Waals surface area contributed by atoms with Crippen LogP contribution in [0.4, 0.5) is 5.82 Å². The van der Waals surface area contributed by atoms with Crippen molar-refractivity contribution in [3.8, 4) is 0 Å². The number of aryl methyl sites for hydroxylation is 1. The van der Waals surface area contributed by atoms with Gasteiger partial charge in [-0.15, -0.1) is 0 Å². The van der Waals surface area contributed by atoms with Gasteiger partial charge in [0.15, 0.2) is 0 Å². The second-order valence-electron chi connectivity index (χ2n) is 3.49. The molecule has 0 amide bonds. The van der Waals surface area contributed by atoms with Crippen LogP contribution in [0.25, 0.3) is 0 Å². The van der Waals surface area contributed by atoms with Crippen molar-refractivity contribution in [2.75, 3.05) is 5.32 Å². The molecule has 0 bridgehead atoms. The molecule has 16 heavy (non-hydrogen) atoms. The predicted octanol–water partition coefficient (Wildman–Crippen LogP) is 3.05. The molecule has 2 rings (SSSR count). The van der Waals surface area contributed by atoms with Gasteiger partial charge in [-0.2, -0.15) is 0 Å². The molecular formula is C12H12ClN3. The van der Waals surface area contributed by atoms with Crippen molar-refractivity contribution in [2.45, 2.75) is 13.5 Å². The minimum atomic E-state index is 0.634. The number of rotatable bonds is 3. The van der Waals surface area contributed by atoms with Crippen molar-refractivity contribution < 1.29 is 0 Å². The van der Waals surface area contributed by atoms with E-state index in [1.807, 2.05) is 31.3 Å². The van der Waals surface area contributed by atoms with Crippen LogP contribution in [-0.2, 0) is 6.54 Å². The topological polar surface area (TPSA) is 37.8 Å². The maximum absolute atomic E-state index is 5.99. The average Bonchev–Trinajstić information content (AvgIpc) is 2.30. The molecule has 4 heteroatoms. The van der Waals surface area contributed by atoms with E-state index in [4.69, 9.17) is 11.6 Å². The van der Waals surface area contributed by atoms with Gasteiger partial charge in [0.1, 0.15) is 5.82 Å². The van der Waals surface area contributed by atoms with E-state index in [2.05, 4.69) is 15.3 Å². The molecule has 0 fully saturated rings. The number of aromatic nitrogens is 2. The molecular weight excluding hydrogens is 222 g/mol. The van der Waals surface area contributed by atoms with Crippen LogP contribution in [0.15, 0.2) is 36.8 Å². The van der Waals surface area contributed by atoms with Crippen molar-refractivity contribution in [3.05, 3.63) is 52.9 Å². The van der Waals surface area contributed by atoms with Gasteiger partial charge in [-0.3, -0.25) is 4.98 Å². The van der Waals surface area contributed by atoms with E-state index in [9.17, 15) is 0 Å². The average molecular weight is 234 g/mol. The Labute approximate surface area is 99.5 Å². The summed E-state index contributed by atoms with van der Waals surface area (Å²) in [5, 5.41) is 3.83. The second-order valence-corrected chi connectivity index (χ2v) is 3.90. The lowest BCUT2D eigenvalue weighted by Crippen LogP contribution is -2.03. The van der Waals surface area contributed by atoms with Gasteiger partial charge in [0.05, 0.1) is 5.02 Å². The van der Waals surface area contributed by atoms with Crippen molar-refractivity contribution in [3.63, 3.8) is 0 Å². The van der Waals surface area contributed by atoms with Crippen molar-refractivity contribution in [1.82, 2.24) is 9.97 Å². The number of nitrogens with one attached hydrogen (secondary N) is 1. The van der Waals surface area contributed by atoms with Gasteiger partial charge in [-0.1, -0.05) is 11.6 Å². The first-order valence-corrected chi connectivity index (χ1v) is 5.39. The van der Waals surface area contributed by atoms with Crippen molar-refractivity contribution >= 4 is 17.4 Å². The molecule has 0 atom stereocenters. The molecule has 0 aliphatic rings. The Morgan fingerprint density at radius 2 is 2.19 bits per heavy atom. The minimum absolute atomic E-state index is 0.634. The molecule has 0 spiro atoms.